The summed E-state index contributed by atoms with van der Waals surface area (Å²) < 4.78 is 2.04. The maximum Gasteiger partial charge on any atom is 0.287 e. The van der Waals surface area contributed by atoms with E-state index in [1.165, 1.54) is 24.0 Å². The highest BCUT2D eigenvalue weighted by Crippen LogP contribution is 2.26. The molecule has 2 aromatic heterocycles. The van der Waals surface area contributed by atoms with Crippen LogP contribution in [0.3, 0.4) is 0 Å². The van der Waals surface area contributed by atoms with Crippen LogP contribution in [0.25, 0.3) is 0 Å². The highest BCUT2D eigenvalue weighted by Gasteiger charge is 2.13. The van der Waals surface area contributed by atoms with Crippen LogP contribution in [0.5, 0.6) is 0 Å². The highest BCUT2D eigenvalue weighted by molar-refractivity contribution is 7.99. The fraction of sp³-hybridized carbons (Fsp3) is 0.417. The molecule has 0 atom stereocenters. The number of aryl methyl sites for hydroxylation is 1. The number of nitro groups is 1. The lowest BCUT2D eigenvalue weighted by molar-refractivity contribution is -0.385. The van der Waals surface area contributed by atoms with E-state index in [1.54, 1.807) is 6.07 Å². The highest BCUT2D eigenvalue weighted by atomic mass is 32.2. The Labute approximate surface area is 120 Å². The largest absolute Gasteiger partial charge is 0.306 e. The number of hydrogen-bond donors (Lipinski definition) is 0. The SMILES string of the molecule is CCCc1nnc(Sc2ccc([N+](=O)[O-])cn2)n1CC. The van der Waals surface area contributed by atoms with Gasteiger partial charge in [-0.3, -0.25) is 10.1 Å². The lowest BCUT2D eigenvalue weighted by atomic mass is 10.3. The first-order valence-electron chi connectivity index (χ1n) is 6.36. The first-order chi connectivity index (χ1) is 9.65. The Morgan fingerprint density at radius 3 is 2.70 bits per heavy atom. The second kappa shape index (κ2) is 6.47. The zero-order valence-corrected chi connectivity index (χ0v) is 12.1. The summed E-state index contributed by atoms with van der Waals surface area (Å²) in [7, 11) is 0. The molecule has 0 amide bonds. The quantitative estimate of drug-likeness (QED) is 0.601. The second-order valence-corrected chi connectivity index (χ2v) is 5.09. The molecule has 0 unspecified atom stereocenters. The van der Waals surface area contributed by atoms with Crippen LogP contribution in [0, 0.1) is 10.1 Å². The summed E-state index contributed by atoms with van der Waals surface area (Å²) in [5.41, 5.74) is -0.0158. The van der Waals surface area contributed by atoms with Gasteiger partial charge >= 0.3 is 0 Å². The Hall–Kier alpha value is -1.96. The number of hydrogen-bond acceptors (Lipinski definition) is 6. The van der Waals surface area contributed by atoms with E-state index in [2.05, 4.69) is 22.1 Å². The van der Waals surface area contributed by atoms with Crippen molar-refractivity contribution in [1.82, 2.24) is 19.7 Å². The van der Waals surface area contributed by atoms with Crippen molar-refractivity contribution in [2.75, 3.05) is 0 Å². The average molecular weight is 293 g/mol. The van der Waals surface area contributed by atoms with Crippen molar-refractivity contribution < 1.29 is 4.92 Å². The molecule has 0 saturated heterocycles. The van der Waals surface area contributed by atoms with Crippen molar-refractivity contribution in [1.29, 1.82) is 0 Å². The van der Waals surface area contributed by atoms with Gasteiger partial charge in [-0.05, 0) is 31.2 Å². The number of aromatic nitrogens is 4. The van der Waals surface area contributed by atoms with Crippen LogP contribution >= 0.6 is 11.8 Å². The third kappa shape index (κ3) is 3.13. The van der Waals surface area contributed by atoms with E-state index in [1.807, 2.05) is 11.5 Å². The molecule has 0 aliphatic carbocycles. The molecule has 2 heterocycles. The van der Waals surface area contributed by atoms with E-state index in [-0.39, 0.29) is 5.69 Å². The summed E-state index contributed by atoms with van der Waals surface area (Å²) >= 11 is 1.36. The molecule has 0 spiro atoms. The molecule has 106 valence electrons. The Balaban J connectivity index is 2.19. The summed E-state index contributed by atoms with van der Waals surface area (Å²) in [4.78, 5) is 14.2. The zero-order chi connectivity index (χ0) is 14.5. The van der Waals surface area contributed by atoms with Crippen molar-refractivity contribution in [3.63, 3.8) is 0 Å². The van der Waals surface area contributed by atoms with Crippen molar-refractivity contribution in [2.24, 2.45) is 0 Å². The molecule has 8 heteroatoms. The molecule has 0 aliphatic heterocycles. The predicted octanol–water partition coefficient (Wildman–Crippen LogP) is 2.70. The van der Waals surface area contributed by atoms with Crippen LogP contribution in [-0.2, 0) is 13.0 Å². The third-order valence-corrected chi connectivity index (χ3v) is 3.65. The molecule has 0 radical (unpaired) electrons. The molecule has 20 heavy (non-hydrogen) atoms. The topological polar surface area (TPSA) is 86.7 Å². The van der Waals surface area contributed by atoms with E-state index in [0.29, 0.717) is 5.03 Å². The lowest BCUT2D eigenvalue weighted by Crippen LogP contribution is -2.03. The fourth-order valence-electron chi connectivity index (χ4n) is 1.76. The molecule has 0 fully saturated rings. The fourth-order valence-corrected chi connectivity index (χ4v) is 2.61. The van der Waals surface area contributed by atoms with Crippen LogP contribution in [0.1, 0.15) is 26.1 Å². The summed E-state index contributed by atoms with van der Waals surface area (Å²) in [6, 6.07) is 3.06. The van der Waals surface area contributed by atoms with E-state index in [9.17, 15) is 10.1 Å². The number of nitrogens with zero attached hydrogens (tertiary/aromatic N) is 5. The van der Waals surface area contributed by atoms with Gasteiger partial charge in [0.1, 0.15) is 17.0 Å². The van der Waals surface area contributed by atoms with Crippen molar-refractivity contribution >= 4 is 17.4 Å². The zero-order valence-electron chi connectivity index (χ0n) is 11.3. The molecule has 0 aliphatic rings. The third-order valence-electron chi connectivity index (χ3n) is 2.71. The first kappa shape index (κ1) is 14.4. The van der Waals surface area contributed by atoms with E-state index < -0.39 is 4.92 Å². The van der Waals surface area contributed by atoms with Crippen LogP contribution in [0.2, 0.25) is 0 Å². The number of pyridine rings is 1. The van der Waals surface area contributed by atoms with Gasteiger partial charge < -0.3 is 4.57 Å². The summed E-state index contributed by atoms with van der Waals surface area (Å²) in [5, 5.41) is 20.3. The van der Waals surface area contributed by atoms with Crippen LogP contribution in [0.4, 0.5) is 5.69 Å². The molecule has 7 nitrogen and oxygen atoms in total. The Bertz CT molecular complexity index is 596. The van der Waals surface area contributed by atoms with Crippen LogP contribution < -0.4 is 0 Å². The summed E-state index contributed by atoms with van der Waals surface area (Å²) in [6.07, 6.45) is 3.15. The van der Waals surface area contributed by atoms with Gasteiger partial charge in [0, 0.05) is 19.0 Å². The summed E-state index contributed by atoms with van der Waals surface area (Å²) in [5.74, 6) is 0.958. The molecule has 0 N–H and O–H groups in total. The molecular formula is C12H15N5O2S. The molecule has 2 aromatic rings. The van der Waals surface area contributed by atoms with Crippen molar-refractivity contribution in [3.05, 3.63) is 34.3 Å². The van der Waals surface area contributed by atoms with E-state index >= 15 is 0 Å². The minimum atomic E-state index is -0.463. The maximum atomic E-state index is 10.6. The molecule has 0 aromatic carbocycles. The standard InChI is InChI=1S/C12H15N5O2S/c1-3-5-10-14-15-12(16(10)4-2)20-11-7-6-9(8-13-11)17(18)19/h6-8H,3-5H2,1-2H3. The average Bonchev–Trinajstić information content (AvgIpc) is 2.82. The van der Waals surface area contributed by atoms with Crippen LogP contribution in [0.15, 0.2) is 28.5 Å². The van der Waals surface area contributed by atoms with Gasteiger partial charge in [-0.15, -0.1) is 10.2 Å². The minimum absolute atomic E-state index is 0.0158. The van der Waals surface area contributed by atoms with Gasteiger partial charge in [0.2, 0.25) is 0 Å². The smallest absolute Gasteiger partial charge is 0.287 e. The minimum Gasteiger partial charge on any atom is -0.306 e. The first-order valence-corrected chi connectivity index (χ1v) is 7.17. The van der Waals surface area contributed by atoms with Crippen molar-refractivity contribution in [3.8, 4) is 0 Å². The molecular weight excluding hydrogens is 278 g/mol. The maximum absolute atomic E-state index is 10.6. The Kier molecular flexibility index (Phi) is 4.67. The molecule has 0 bridgehead atoms. The van der Waals surface area contributed by atoms with Gasteiger partial charge in [0.15, 0.2) is 5.16 Å². The summed E-state index contributed by atoms with van der Waals surface area (Å²) in [6.45, 7) is 4.92. The monoisotopic (exact) mass is 293 g/mol. The Morgan fingerprint density at radius 1 is 1.35 bits per heavy atom. The predicted molar refractivity (Wildman–Crippen MR) is 74.7 cm³/mol. The second-order valence-electron chi connectivity index (χ2n) is 4.11. The Morgan fingerprint density at radius 2 is 2.15 bits per heavy atom. The number of rotatable bonds is 6. The van der Waals surface area contributed by atoms with Crippen LogP contribution in [-0.4, -0.2) is 24.7 Å². The normalized spacial score (nSPS) is 10.7. The van der Waals surface area contributed by atoms with E-state index in [0.717, 1.165) is 30.4 Å². The lowest BCUT2D eigenvalue weighted by Gasteiger charge is -2.05. The van der Waals surface area contributed by atoms with Gasteiger partial charge in [0.05, 0.1) is 4.92 Å². The molecule has 2 rings (SSSR count). The van der Waals surface area contributed by atoms with Gasteiger partial charge in [0.25, 0.3) is 5.69 Å². The van der Waals surface area contributed by atoms with E-state index in [4.69, 9.17) is 0 Å². The van der Waals surface area contributed by atoms with Gasteiger partial charge in [-0.25, -0.2) is 4.98 Å². The van der Waals surface area contributed by atoms with Gasteiger partial charge in [-0.2, -0.15) is 0 Å². The molecule has 0 saturated carbocycles. The van der Waals surface area contributed by atoms with Crippen molar-refractivity contribution in [2.45, 2.75) is 43.4 Å². The van der Waals surface area contributed by atoms with Gasteiger partial charge in [-0.1, -0.05) is 6.92 Å².